The molecule has 0 bridgehead atoms. The van der Waals surface area contributed by atoms with Crippen molar-refractivity contribution < 1.29 is 13.2 Å². The summed E-state index contributed by atoms with van der Waals surface area (Å²) in [6.45, 7) is 4.69. The van der Waals surface area contributed by atoms with Crippen LogP contribution in [0.25, 0.3) is 0 Å². The molecule has 1 amide bonds. The highest BCUT2D eigenvalue weighted by atomic mass is 32.2. The molecule has 24 heavy (non-hydrogen) atoms. The highest BCUT2D eigenvalue weighted by Gasteiger charge is 2.55. The lowest BCUT2D eigenvalue weighted by molar-refractivity contribution is -0.132. The van der Waals surface area contributed by atoms with Crippen molar-refractivity contribution in [1.29, 1.82) is 0 Å². The number of benzene rings is 1. The molecule has 1 aromatic carbocycles. The number of aryl methyl sites for hydroxylation is 2. The van der Waals surface area contributed by atoms with Gasteiger partial charge < -0.3 is 10.6 Å². The van der Waals surface area contributed by atoms with Gasteiger partial charge in [-0.2, -0.15) is 0 Å². The van der Waals surface area contributed by atoms with Crippen molar-refractivity contribution in [2.45, 2.75) is 61.6 Å². The maximum atomic E-state index is 13.5. The van der Waals surface area contributed by atoms with Gasteiger partial charge in [0.1, 0.15) is 0 Å². The lowest BCUT2D eigenvalue weighted by atomic mass is 10.1. The molecule has 0 radical (unpaired) electrons. The fraction of sp³-hybridized carbons (Fsp3) is 0.611. The first-order valence-electron chi connectivity index (χ1n) is 8.65. The second-order valence-electron chi connectivity index (χ2n) is 7.27. The zero-order valence-corrected chi connectivity index (χ0v) is 15.2. The smallest absolute Gasteiger partial charge is 0.244 e. The minimum atomic E-state index is -3.74. The Bertz CT molecular complexity index is 752. The molecular formula is C18H26N2O3S. The molecule has 1 atom stereocenters. The summed E-state index contributed by atoms with van der Waals surface area (Å²) in [5, 5.41) is 0. The van der Waals surface area contributed by atoms with Crippen LogP contribution >= 0.6 is 0 Å². The topological polar surface area (TPSA) is 80.5 Å². The van der Waals surface area contributed by atoms with Gasteiger partial charge in [-0.05, 0) is 50.3 Å². The van der Waals surface area contributed by atoms with E-state index >= 15 is 0 Å². The quantitative estimate of drug-likeness (QED) is 0.903. The molecule has 2 N–H and O–H groups in total. The third-order valence-corrected chi connectivity index (χ3v) is 8.09. The summed E-state index contributed by atoms with van der Waals surface area (Å²) in [6, 6.07) is 5.38. The monoisotopic (exact) mass is 350 g/mol. The standard InChI is InChI=1S/C18H26N2O3S/c1-13-5-6-14(2)16(11-13)24(22,23)18(8-3-4-9-18)17(21)20-10-7-15(19)12-20/h5-6,11,15H,3-4,7-10,12,19H2,1-2H3/t15-/m0/s1. The van der Waals surface area contributed by atoms with E-state index in [0.717, 1.165) is 24.8 Å². The Morgan fingerprint density at radius 3 is 2.50 bits per heavy atom. The predicted octanol–water partition coefficient (Wildman–Crippen LogP) is 1.95. The van der Waals surface area contributed by atoms with Crippen LogP contribution in [0.4, 0.5) is 0 Å². The largest absolute Gasteiger partial charge is 0.340 e. The fourth-order valence-corrected chi connectivity index (χ4v) is 6.45. The van der Waals surface area contributed by atoms with Crippen LogP contribution < -0.4 is 5.73 Å². The molecule has 1 aliphatic carbocycles. The van der Waals surface area contributed by atoms with Crippen molar-refractivity contribution in [3.8, 4) is 0 Å². The van der Waals surface area contributed by atoms with Gasteiger partial charge in [0.15, 0.2) is 14.6 Å². The first-order chi connectivity index (χ1) is 11.3. The molecule has 1 heterocycles. The number of amides is 1. The van der Waals surface area contributed by atoms with Gasteiger partial charge >= 0.3 is 0 Å². The average Bonchev–Trinajstić information content (AvgIpc) is 3.18. The van der Waals surface area contributed by atoms with Gasteiger partial charge in [-0.3, -0.25) is 4.79 Å². The first kappa shape index (κ1) is 17.4. The third kappa shape index (κ3) is 2.65. The molecule has 1 saturated heterocycles. The number of nitrogens with two attached hydrogens (primary N) is 1. The molecule has 132 valence electrons. The van der Waals surface area contributed by atoms with Crippen LogP contribution in [0, 0.1) is 13.8 Å². The van der Waals surface area contributed by atoms with Crippen LogP contribution in [0.5, 0.6) is 0 Å². The Hall–Kier alpha value is -1.40. The summed E-state index contributed by atoms with van der Waals surface area (Å²) in [5.74, 6) is -0.242. The van der Waals surface area contributed by atoms with Gasteiger partial charge in [-0.25, -0.2) is 8.42 Å². The average molecular weight is 350 g/mol. The Labute approximate surface area is 144 Å². The van der Waals surface area contributed by atoms with Crippen LogP contribution in [0.1, 0.15) is 43.2 Å². The zero-order valence-electron chi connectivity index (χ0n) is 14.4. The summed E-state index contributed by atoms with van der Waals surface area (Å²) in [7, 11) is -3.74. The number of rotatable bonds is 3. The molecule has 6 heteroatoms. The Kier molecular flexibility index (Phi) is 4.47. The van der Waals surface area contributed by atoms with Crippen molar-refractivity contribution in [3.63, 3.8) is 0 Å². The molecule has 1 aromatic rings. The second-order valence-corrected chi connectivity index (χ2v) is 9.50. The molecule has 5 nitrogen and oxygen atoms in total. The Balaban J connectivity index is 2.07. The number of carbonyl (C=O) groups is 1. The van der Waals surface area contributed by atoms with E-state index in [-0.39, 0.29) is 11.9 Å². The first-order valence-corrected chi connectivity index (χ1v) is 10.1. The molecule has 3 rings (SSSR count). The van der Waals surface area contributed by atoms with Crippen molar-refractivity contribution >= 4 is 15.7 Å². The number of likely N-dealkylation sites (tertiary alicyclic amines) is 1. The molecule has 0 spiro atoms. The molecule has 0 unspecified atom stereocenters. The van der Waals surface area contributed by atoms with Crippen LogP contribution in [0.15, 0.2) is 23.1 Å². The Morgan fingerprint density at radius 2 is 1.92 bits per heavy atom. The minimum Gasteiger partial charge on any atom is -0.340 e. The summed E-state index contributed by atoms with van der Waals surface area (Å²) >= 11 is 0. The van der Waals surface area contributed by atoms with Gasteiger partial charge in [-0.15, -0.1) is 0 Å². The van der Waals surface area contributed by atoms with Gasteiger partial charge in [0.25, 0.3) is 0 Å². The normalized spacial score (nSPS) is 23.6. The van der Waals surface area contributed by atoms with Gasteiger partial charge in [-0.1, -0.05) is 25.0 Å². The van der Waals surface area contributed by atoms with E-state index in [1.165, 1.54) is 0 Å². The van der Waals surface area contributed by atoms with Gasteiger partial charge in [0, 0.05) is 19.1 Å². The maximum Gasteiger partial charge on any atom is 0.244 e. The highest BCUT2D eigenvalue weighted by molar-refractivity contribution is 7.93. The van der Waals surface area contributed by atoms with Gasteiger partial charge in [0.2, 0.25) is 5.91 Å². The van der Waals surface area contributed by atoms with E-state index < -0.39 is 14.6 Å². The summed E-state index contributed by atoms with van der Waals surface area (Å²) < 4.78 is 25.8. The second kappa shape index (κ2) is 6.15. The lowest BCUT2D eigenvalue weighted by Crippen LogP contribution is -2.52. The van der Waals surface area contributed by atoms with Crippen LogP contribution in [0.2, 0.25) is 0 Å². The summed E-state index contributed by atoms with van der Waals surface area (Å²) in [4.78, 5) is 15.2. The van der Waals surface area contributed by atoms with Crippen molar-refractivity contribution in [2.24, 2.45) is 5.73 Å². The van der Waals surface area contributed by atoms with E-state index in [4.69, 9.17) is 5.73 Å². The van der Waals surface area contributed by atoms with Crippen molar-refractivity contribution in [1.82, 2.24) is 4.90 Å². The van der Waals surface area contributed by atoms with E-state index in [1.54, 1.807) is 17.9 Å². The van der Waals surface area contributed by atoms with E-state index in [9.17, 15) is 13.2 Å². The lowest BCUT2D eigenvalue weighted by Gasteiger charge is -2.32. The minimum absolute atomic E-state index is 0.0455. The fourth-order valence-electron chi connectivity index (χ4n) is 4.01. The van der Waals surface area contributed by atoms with Gasteiger partial charge in [0.05, 0.1) is 4.90 Å². The molecule has 2 fully saturated rings. The van der Waals surface area contributed by atoms with E-state index in [2.05, 4.69) is 0 Å². The number of sulfone groups is 1. The van der Waals surface area contributed by atoms with E-state index in [0.29, 0.717) is 36.4 Å². The number of hydrogen-bond donors (Lipinski definition) is 1. The van der Waals surface area contributed by atoms with Crippen LogP contribution in [-0.4, -0.2) is 43.1 Å². The number of nitrogens with zero attached hydrogens (tertiary/aromatic N) is 1. The summed E-state index contributed by atoms with van der Waals surface area (Å²) in [6.07, 6.45) is 3.11. The predicted molar refractivity (Wildman–Crippen MR) is 93.5 cm³/mol. The molecule has 1 saturated carbocycles. The van der Waals surface area contributed by atoms with Crippen molar-refractivity contribution in [3.05, 3.63) is 29.3 Å². The molecule has 1 aliphatic heterocycles. The zero-order chi connectivity index (χ0) is 17.5. The van der Waals surface area contributed by atoms with E-state index in [1.807, 2.05) is 19.1 Å². The molecule has 0 aromatic heterocycles. The maximum absolute atomic E-state index is 13.5. The number of carbonyl (C=O) groups excluding carboxylic acids is 1. The number of hydrogen-bond acceptors (Lipinski definition) is 4. The van der Waals surface area contributed by atoms with Crippen molar-refractivity contribution in [2.75, 3.05) is 13.1 Å². The molecule has 2 aliphatic rings. The Morgan fingerprint density at radius 1 is 1.25 bits per heavy atom. The third-order valence-electron chi connectivity index (χ3n) is 5.46. The summed E-state index contributed by atoms with van der Waals surface area (Å²) in [5.41, 5.74) is 7.52. The SMILES string of the molecule is Cc1ccc(C)c(S(=O)(=O)C2(C(=O)N3CC[C@H](N)C3)CCCC2)c1. The van der Waals surface area contributed by atoms with Crippen LogP contribution in [0.3, 0.4) is 0 Å². The van der Waals surface area contributed by atoms with Crippen LogP contribution in [-0.2, 0) is 14.6 Å². The molecular weight excluding hydrogens is 324 g/mol. The highest BCUT2D eigenvalue weighted by Crippen LogP contribution is 2.43.